The standard InChI is InChI=1S/C45H57N9O6S/c1-28(55)50-36(19-10-12-22-47)42(57)53-39(25-31-27-61-40-20-8-6-16-33(31)40)45(60)54-38(24-30-26-49-34-17-7-5-15-32(30)34)44(59)52-37(23-29-13-3-2-4-14-29)43(58)51-35(41(48)56)18-9-11-21-46/h2-8,13-17,20,26-27,35-39,49H,9-12,18-19,21-25,46-47H2,1H3,(H2,48,56)(H,50,55)(H,51,58)(H,52,59)(H,53,57)(H,54,60)/t35-,36+,37+,38-,39-/m1/s1. The number of carbonyl (C=O) groups excluding carboxylic acids is 6. The summed E-state index contributed by atoms with van der Waals surface area (Å²) >= 11 is 1.51. The van der Waals surface area contributed by atoms with Gasteiger partial charge < -0.3 is 48.8 Å². The van der Waals surface area contributed by atoms with Gasteiger partial charge in [-0.25, -0.2) is 0 Å². The predicted octanol–water partition coefficient (Wildman–Crippen LogP) is 2.60. The van der Waals surface area contributed by atoms with Crippen molar-refractivity contribution in [3.63, 3.8) is 0 Å². The van der Waals surface area contributed by atoms with Crippen molar-refractivity contribution in [2.24, 2.45) is 17.2 Å². The second-order valence-corrected chi connectivity index (χ2v) is 16.1. The summed E-state index contributed by atoms with van der Waals surface area (Å²) in [4.78, 5) is 85.0. The molecule has 5 atom stereocenters. The Morgan fingerprint density at radius 1 is 0.574 bits per heavy atom. The maximum Gasteiger partial charge on any atom is 0.243 e. The maximum absolute atomic E-state index is 14.7. The van der Waals surface area contributed by atoms with Crippen LogP contribution in [0.3, 0.4) is 0 Å². The van der Waals surface area contributed by atoms with Gasteiger partial charge in [0.25, 0.3) is 0 Å². The number of rotatable bonds is 24. The van der Waals surface area contributed by atoms with Crippen LogP contribution < -0.4 is 43.8 Å². The number of hydrogen-bond acceptors (Lipinski definition) is 9. The van der Waals surface area contributed by atoms with Crippen LogP contribution in [0.4, 0.5) is 0 Å². The van der Waals surface area contributed by atoms with Gasteiger partial charge >= 0.3 is 0 Å². The Bertz CT molecular complexity index is 2260. The molecule has 6 amide bonds. The summed E-state index contributed by atoms with van der Waals surface area (Å²) in [6.45, 7) is 2.15. The molecular formula is C45H57N9O6S. The molecule has 15 nitrogen and oxygen atoms in total. The van der Waals surface area contributed by atoms with E-state index in [1.165, 1.54) is 18.3 Å². The van der Waals surface area contributed by atoms with Crippen LogP contribution in [0.5, 0.6) is 0 Å². The third-order valence-electron chi connectivity index (χ3n) is 10.5. The van der Waals surface area contributed by atoms with E-state index in [0.717, 1.165) is 37.7 Å². The summed E-state index contributed by atoms with van der Waals surface area (Å²) in [6, 6.07) is 18.8. The number of amides is 6. The second-order valence-electron chi connectivity index (χ2n) is 15.2. The Kier molecular flexibility index (Phi) is 17.4. The SMILES string of the molecule is CC(=O)N[C@@H](CCCCN)C(=O)N[C@H](Cc1csc2ccccc12)C(=O)N[C@H](Cc1c[nH]c2ccccc12)C(=O)N[C@@H](Cc1ccccc1)C(=O)N[C@H](CCCCN)C(N)=O. The third kappa shape index (κ3) is 13.4. The zero-order valence-corrected chi connectivity index (χ0v) is 35.2. The number of aromatic nitrogens is 1. The molecule has 12 N–H and O–H groups in total. The number of thiophene rings is 1. The molecule has 0 saturated heterocycles. The highest BCUT2D eigenvalue weighted by atomic mass is 32.1. The fourth-order valence-electron chi connectivity index (χ4n) is 7.28. The van der Waals surface area contributed by atoms with E-state index in [1.54, 1.807) is 6.20 Å². The molecule has 3 aromatic carbocycles. The number of H-pyrrole nitrogens is 1. The van der Waals surface area contributed by atoms with Gasteiger partial charge in [-0.3, -0.25) is 28.8 Å². The van der Waals surface area contributed by atoms with Crippen LogP contribution in [0, 0.1) is 0 Å². The van der Waals surface area contributed by atoms with Gasteiger partial charge in [-0.05, 0) is 91.2 Å². The molecule has 0 unspecified atom stereocenters. The first-order valence-corrected chi connectivity index (χ1v) is 21.6. The first-order chi connectivity index (χ1) is 29.5. The van der Waals surface area contributed by atoms with Gasteiger partial charge in [0.1, 0.15) is 30.2 Å². The molecule has 324 valence electrons. The number of benzene rings is 3. The third-order valence-corrected chi connectivity index (χ3v) is 11.5. The largest absolute Gasteiger partial charge is 0.368 e. The number of para-hydroxylation sites is 1. The van der Waals surface area contributed by atoms with Gasteiger partial charge in [0.2, 0.25) is 35.4 Å². The van der Waals surface area contributed by atoms with E-state index in [9.17, 15) is 28.8 Å². The Morgan fingerprint density at radius 2 is 1.08 bits per heavy atom. The fraction of sp³-hybridized carbons (Fsp3) is 0.378. The van der Waals surface area contributed by atoms with Gasteiger partial charge in [-0.1, -0.05) is 66.7 Å². The summed E-state index contributed by atoms with van der Waals surface area (Å²) in [7, 11) is 0. The van der Waals surface area contributed by atoms with E-state index in [-0.39, 0.29) is 25.7 Å². The quantitative estimate of drug-likeness (QED) is 0.0416. The van der Waals surface area contributed by atoms with Crippen LogP contribution >= 0.6 is 11.3 Å². The zero-order valence-electron chi connectivity index (χ0n) is 34.4. The van der Waals surface area contributed by atoms with Crippen LogP contribution in [0.15, 0.2) is 90.4 Å². The molecule has 5 rings (SSSR count). The minimum atomic E-state index is -1.25. The lowest BCUT2D eigenvalue weighted by Crippen LogP contribution is -2.60. The summed E-state index contributed by atoms with van der Waals surface area (Å²) in [5, 5.41) is 17.8. The van der Waals surface area contributed by atoms with Crippen molar-refractivity contribution < 1.29 is 28.8 Å². The number of primary amides is 1. The monoisotopic (exact) mass is 851 g/mol. The number of carbonyl (C=O) groups is 6. The van der Waals surface area contributed by atoms with Crippen LogP contribution in [0.1, 0.15) is 62.1 Å². The van der Waals surface area contributed by atoms with Crippen molar-refractivity contribution in [1.82, 2.24) is 31.6 Å². The lowest BCUT2D eigenvalue weighted by molar-refractivity contribution is -0.135. The molecule has 0 bridgehead atoms. The van der Waals surface area contributed by atoms with Crippen LogP contribution in [-0.4, -0.2) is 83.7 Å². The summed E-state index contributed by atoms with van der Waals surface area (Å²) in [6.07, 6.45) is 4.89. The van der Waals surface area contributed by atoms with Crippen molar-refractivity contribution in [3.05, 3.63) is 107 Å². The maximum atomic E-state index is 14.7. The Balaban J connectivity index is 1.48. The van der Waals surface area contributed by atoms with E-state index < -0.39 is 65.7 Å². The summed E-state index contributed by atoms with van der Waals surface area (Å²) in [5.74, 6) is -3.62. The molecule has 16 heteroatoms. The van der Waals surface area contributed by atoms with E-state index in [2.05, 4.69) is 31.6 Å². The number of nitrogens with one attached hydrogen (secondary N) is 6. The van der Waals surface area contributed by atoms with Crippen LogP contribution in [0.25, 0.3) is 21.0 Å². The molecule has 5 aromatic rings. The minimum absolute atomic E-state index is 0.0138. The number of aromatic amines is 1. The Hall–Kier alpha value is -6.10. The molecule has 0 saturated carbocycles. The molecule has 0 aliphatic carbocycles. The van der Waals surface area contributed by atoms with E-state index in [0.29, 0.717) is 45.2 Å². The first kappa shape index (κ1) is 46.0. The van der Waals surface area contributed by atoms with Crippen LogP contribution in [0.2, 0.25) is 0 Å². The van der Waals surface area contributed by atoms with Gasteiger partial charge in [0, 0.05) is 48.0 Å². The average molecular weight is 852 g/mol. The van der Waals surface area contributed by atoms with E-state index in [1.807, 2.05) is 84.2 Å². The number of unbranched alkanes of at least 4 members (excludes halogenated alkanes) is 2. The minimum Gasteiger partial charge on any atom is -0.368 e. The first-order valence-electron chi connectivity index (χ1n) is 20.7. The molecule has 0 aliphatic heterocycles. The normalized spacial score (nSPS) is 13.7. The van der Waals surface area contributed by atoms with E-state index in [4.69, 9.17) is 17.2 Å². The Labute approximate surface area is 359 Å². The molecule has 2 heterocycles. The number of nitrogens with two attached hydrogens (primary N) is 3. The smallest absolute Gasteiger partial charge is 0.243 e. The van der Waals surface area contributed by atoms with Crippen LogP contribution in [-0.2, 0) is 48.0 Å². The van der Waals surface area contributed by atoms with Gasteiger partial charge in [0.05, 0.1) is 0 Å². The molecule has 0 radical (unpaired) electrons. The van der Waals surface area contributed by atoms with Gasteiger partial charge in [-0.2, -0.15) is 0 Å². The van der Waals surface area contributed by atoms with Crippen molar-refractivity contribution >= 4 is 67.8 Å². The Morgan fingerprint density at radius 3 is 1.69 bits per heavy atom. The summed E-state index contributed by atoms with van der Waals surface area (Å²) in [5.41, 5.74) is 20.1. The average Bonchev–Trinajstić information content (AvgIpc) is 3.86. The summed E-state index contributed by atoms with van der Waals surface area (Å²) < 4.78 is 0.998. The topological polar surface area (TPSA) is 256 Å². The van der Waals surface area contributed by atoms with Crippen molar-refractivity contribution in [3.8, 4) is 0 Å². The lowest BCUT2D eigenvalue weighted by Gasteiger charge is -2.27. The molecule has 2 aromatic heterocycles. The predicted molar refractivity (Wildman–Crippen MR) is 238 cm³/mol. The zero-order chi connectivity index (χ0) is 43.7. The number of fused-ring (bicyclic) bond motifs is 2. The highest BCUT2D eigenvalue weighted by Crippen LogP contribution is 2.27. The molecule has 0 spiro atoms. The highest BCUT2D eigenvalue weighted by molar-refractivity contribution is 7.17. The molecule has 0 aliphatic rings. The molecule has 61 heavy (non-hydrogen) atoms. The van der Waals surface area contributed by atoms with Crippen molar-refractivity contribution in [2.75, 3.05) is 13.1 Å². The highest BCUT2D eigenvalue weighted by Gasteiger charge is 2.33. The van der Waals surface area contributed by atoms with Gasteiger partial charge in [0.15, 0.2) is 0 Å². The van der Waals surface area contributed by atoms with Gasteiger partial charge in [-0.15, -0.1) is 11.3 Å². The second kappa shape index (κ2) is 23.0. The molecule has 0 fully saturated rings. The fourth-order valence-corrected chi connectivity index (χ4v) is 8.26. The van der Waals surface area contributed by atoms with E-state index >= 15 is 0 Å². The van der Waals surface area contributed by atoms with Crippen molar-refractivity contribution in [2.45, 2.75) is 94.9 Å². The molecular weight excluding hydrogens is 795 g/mol. The number of hydrogen-bond donors (Lipinski definition) is 9. The van der Waals surface area contributed by atoms with Crippen molar-refractivity contribution in [1.29, 1.82) is 0 Å². The lowest BCUT2D eigenvalue weighted by atomic mass is 10.00.